The molecule has 0 saturated heterocycles. The monoisotopic (exact) mass is 463 g/mol. The first-order valence-electron chi connectivity index (χ1n) is 9.03. The van der Waals surface area contributed by atoms with Crippen LogP contribution < -0.4 is 15.8 Å². The summed E-state index contributed by atoms with van der Waals surface area (Å²) in [7, 11) is -3.49. The molecule has 3 rings (SSSR count). The number of aromatic nitrogens is 1. The molecule has 0 spiro atoms. The van der Waals surface area contributed by atoms with Crippen molar-refractivity contribution in [2.45, 2.75) is 17.9 Å². The Bertz CT molecular complexity index is 1250. The van der Waals surface area contributed by atoms with Crippen molar-refractivity contribution in [2.75, 3.05) is 17.3 Å². The van der Waals surface area contributed by atoms with E-state index in [1.807, 2.05) is 0 Å². The number of carbonyl (C=O) groups is 1. The van der Waals surface area contributed by atoms with E-state index in [1.165, 1.54) is 54.7 Å². The molecule has 0 aliphatic carbocycles. The highest BCUT2D eigenvalue weighted by atomic mass is 35.5. The number of sulfone groups is 1. The maximum absolute atomic E-state index is 14.3. The number of benzene rings is 2. The Morgan fingerprint density at radius 1 is 1.23 bits per heavy atom. The Kier molecular flexibility index (Phi) is 6.47. The van der Waals surface area contributed by atoms with Gasteiger partial charge in [0.1, 0.15) is 11.9 Å². The molecule has 7 nitrogen and oxygen atoms in total. The van der Waals surface area contributed by atoms with E-state index >= 15 is 0 Å². The number of carbonyl (C=O) groups excluding carboxylic acids is 1. The van der Waals surface area contributed by atoms with Crippen LogP contribution in [0.15, 0.2) is 59.6 Å². The Morgan fingerprint density at radius 2 is 1.97 bits per heavy atom. The number of pyridine rings is 1. The van der Waals surface area contributed by atoms with Gasteiger partial charge in [0.05, 0.1) is 15.6 Å². The molecule has 3 N–H and O–H groups in total. The smallest absolute Gasteiger partial charge is 0.255 e. The van der Waals surface area contributed by atoms with Crippen molar-refractivity contribution in [1.82, 2.24) is 4.98 Å². The van der Waals surface area contributed by atoms with Crippen LogP contribution in [-0.2, 0) is 9.84 Å². The summed E-state index contributed by atoms with van der Waals surface area (Å²) in [6.07, 6.45) is 1.86. The first-order valence-corrected chi connectivity index (χ1v) is 11.3. The fraction of sp³-hybridized carbons (Fsp3) is 0.143. The van der Waals surface area contributed by atoms with Crippen LogP contribution in [-0.4, -0.2) is 25.6 Å². The lowest BCUT2D eigenvalue weighted by Crippen LogP contribution is -2.14. The van der Waals surface area contributed by atoms with Crippen LogP contribution in [0.3, 0.4) is 0 Å². The number of anilines is 2. The number of nitrogen functional groups attached to an aromatic ring is 1. The Morgan fingerprint density at radius 3 is 2.68 bits per heavy atom. The number of nitrogens with zero attached hydrogens (tertiary/aromatic N) is 1. The number of halogens is 2. The fourth-order valence-electron chi connectivity index (χ4n) is 2.74. The highest BCUT2D eigenvalue weighted by Gasteiger charge is 2.16. The van der Waals surface area contributed by atoms with E-state index in [-0.39, 0.29) is 27.7 Å². The van der Waals surface area contributed by atoms with Gasteiger partial charge in [0.25, 0.3) is 5.91 Å². The first kappa shape index (κ1) is 22.5. The minimum absolute atomic E-state index is 0.0101. The molecule has 1 unspecified atom stereocenters. The number of amides is 1. The van der Waals surface area contributed by atoms with Crippen molar-refractivity contribution in [3.63, 3.8) is 0 Å². The van der Waals surface area contributed by atoms with E-state index in [0.29, 0.717) is 10.6 Å². The predicted octanol–water partition coefficient (Wildman–Crippen LogP) is 4.25. The molecule has 10 heteroatoms. The summed E-state index contributed by atoms with van der Waals surface area (Å²) in [5, 5.41) is 2.81. The second-order valence-electron chi connectivity index (χ2n) is 6.79. The number of hydrogen-bond acceptors (Lipinski definition) is 6. The van der Waals surface area contributed by atoms with Crippen LogP contribution >= 0.6 is 11.6 Å². The molecule has 0 aliphatic rings. The van der Waals surface area contributed by atoms with Crippen molar-refractivity contribution in [2.24, 2.45) is 0 Å². The van der Waals surface area contributed by atoms with Gasteiger partial charge in [-0.1, -0.05) is 23.7 Å². The molecule has 1 aromatic heterocycles. The van der Waals surface area contributed by atoms with Gasteiger partial charge in [-0.15, -0.1) is 0 Å². The van der Waals surface area contributed by atoms with Crippen molar-refractivity contribution in [3.8, 4) is 5.75 Å². The normalized spacial score (nSPS) is 12.3. The second kappa shape index (κ2) is 8.91. The van der Waals surface area contributed by atoms with Crippen molar-refractivity contribution in [3.05, 3.63) is 76.7 Å². The van der Waals surface area contributed by atoms with E-state index in [2.05, 4.69) is 10.3 Å². The number of ether oxygens (including phenoxy) is 1. The van der Waals surface area contributed by atoms with Crippen molar-refractivity contribution in [1.29, 1.82) is 0 Å². The number of nitrogens with two attached hydrogens (primary N) is 1. The fourth-order valence-corrected chi connectivity index (χ4v) is 3.55. The van der Waals surface area contributed by atoms with Gasteiger partial charge in [0.15, 0.2) is 21.4 Å². The lowest BCUT2D eigenvalue weighted by atomic mass is 10.1. The van der Waals surface area contributed by atoms with Crippen LogP contribution in [0.1, 0.15) is 28.9 Å². The molecule has 0 aliphatic heterocycles. The molecule has 0 saturated carbocycles. The van der Waals surface area contributed by atoms with E-state index in [9.17, 15) is 17.6 Å². The average molecular weight is 464 g/mol. The highest BCUT2D eigenvalue weighted by Crippen LogP contribution is 2.30. The average Bonchev–Trinajstić information content (AvgIpc) is 2.71. The lowest BCUT2D eigenvalue weighted by molar-refractivity contribution is 0.102. The van der Waals surface area contributed by atoms with Gasteiger partial charge in [-0.3, -0.25) is 4.79 Å². The maximum atomic E-state index is 14.3. The molecule has 1 atom stereocenters. The third-order valence-corrected chi connectivity index (χ3v) is 5.70. The predicted molar refractivity (Wildman–Crippen MR) is 117 cm³/mol. The third kappa shape index (κ3) is 5.50. The molecule has 0 radical (unpaired) electrons. The molecule has 0 bridgehead atoms. The molecule has 0 fully saturated rings. The SMILES string of the molecule is CC(Oc1cc(Cl)cnc1N)c1ccc(F)c(NC(=O)c2cccc(S(C)(=O)=O)c2)c1. The van der Waals surface area contributed by atoms with Crippen molar-refractivity contribution < 1.29 is 22.3 Å². The highest BCUT2D eigenvalue weighted by molar-refractivity contribution is 7.90. The Labute approximate surface area is 183 Å². The summed E-state index contributed by atoms with van der Waals surface area (Å²) >= 11 is 5.91. The molecule has 1 heterocycles. The number of nitrogens with one attached hydrogen (secondary N) is 1. The second-order valence-corrected chi connectivity index (χ2v) is 9.24. The largest absolute Gasteiger partial charge is 0.482 e. The van der Waals surface area contributed by atoms with Gasteiger partial charge in [-0.25, -0.2) is 17.8 Å². The molecule has 1 amide bonds. The topological polar surface area (TPSA) is 111 Å². The minimum Gasteiger partial charge on any atom is -0.482 e. The van der Waals surface area contributed by atoms with Gasteiger partial charge < -0.3 is 15.8 Å². The summed E-state index contributed by atoms with van der Waals surface area (Å²) in [5.41, 5.74) is 6.34. The summed E-state index contributed by atoms with van der Waals surface area (Å²) in [5.74, 6) is -0.893. The van der Waals surface area contributed by atoms with E-state index in [0.717, 1.165) is 6.26 Å². The summed E-state index contributed by atoms with van der Waals surface area (Å²) in [6.45, 7) is 1.72. The van der Waals surface area contributed by atoms with E-state index in [4.69, 9.17) is 22.1 Å². The van der Waals surface area contributed by atoms with Crippen LogP contribution in [0.5, 0.6) is 5.75 Å². The first-order chi connectivity index (χ1) is 14.5. The summed E-state index contributed by atoms with van der Waals surface area (Å²) in [6, 6.07) is 11.1. The minimum atomic E-state index is -3.49. The zero-order chi connectivity index (χ0) is 22.8. The van der Waals surface area contributed by atoms with Gasteiger partial charge >= 0.3 is 0 Å². The van der Waals surface area contributed by atoms with Gasteiger partial charge in [0.2, 0.25) is 0 Å². The molecule has 2 aromatic carbocycles. The molecular weight excluding hydrogens is 445 g/mol. The zero-order valence-electron chi connectivity index (χ0n) is 16.6. The van der Waals surface area contributed by atoms with Gasteiger partial charge in [-0.05, 0) is 42.8 Å². The quantitative estimate of drug-likeness (QED) is 0.565. The Balaban J connectivity index is 1.82. The molecule has 3 aromatic rings. The zero-order valence-corrected chi connectivity index (χ0v) is 18.2. The van der Waals surface area contributed by atoms with Crippen LogP contribution in [0.4, 0.5) is 15.9 Å². The van der Waals surface area contributed by atoms with E-state index in [1.54, 1.807) is 6.92 Å². The lowest BCUT2D eigenvalue weighted by Gasteiger charge is -2.17. The summed E-state index contributed by atoms with van der Waals surface area (Å²) in [4.78, 5) is 16.5. The van der Waals surface area contributed by atoms with Crippen molar-refractivity contribution >= 4 is 38.9 Å². The number of hydrogen-bond donors (Lipinski definition) is 2. The Hall–Kier alpha value is -3.17. The molecular formula is C21H19ClFN3O4S. The van der Waals surface area contributed by atoms with E-state index < -0.39 is 27.7 Å². The van der Waals surface area contributed by atoms with Crippen LogP contribution in [0.2, 0.25) is 5.02 Å². The van der Waals surface area contributed by atoms with Gasteiger partial charge in [-0.2, -0.15) is 0 Å². The van der Waals surface area contributed by atoms with Crippen LogP contribution in [0.25, 0.3) is 0 Å². The summed E-state index contributed by atoms with van der Waals surface area (Å²) < 4.78 is 43.5. The standard InChI is InChI=1S/C21H19ClFN3O4S/c1-12(30-19-10-15(22)11-25-20(19)24)13-6-7-17(23)18(9-13)26-21(27)14-4-3-5-16(8-14)31(2,28)29/h3-12H,1-2H3,(H2,24,25)(H,26,27). The third-order valence-electron chi connectivity index (χ3n) is 4.38. The van der Waals surface area contributed by atoms with Crippen LogP contribution in [0, 0.1) is 5.82 Å². The maximum Gasteiger partial charge on any atom is 0.255 e. The molecule has 162 valence electrons. The van der Waals surface area contributed by atoms with Gasteiger partial charge in [0, 0.05) is 24.1 Å². The molecule has 31 heavy (non-hydrogen) atoms. The number of rotatable bonds is 6.